The second kappa shape index (κ2) is 11.9. The van der Waals surface area contributed by atoms with Gasteiger partial charge in [0.25, 0.3) is 5.09 Å². The fourth-order valence-corrected chi connectivity index (χ4v) is 3.70. The molecule has 0 radical (unpaired) electrons. The number of nitrogens with zero attached hydrogens (tertiary/aromatic N) is 3. The standard InChI is InChI=1S/C22H22Cl2N2O3.HNO3/c23-18-7-5-17(6-8-18)9-10-22(15-26-12-11-25-16-26)28-14-19(29-22)13-27-21-4-2-1-3-20(21)24;2-1(3)4/h1-8,11-12,16,19H,9-10,13-15H2;(H,2,3,4). The molecule has 176 valence electrons. The number of aryl methyl sites for hydroxylation is 1. The fourth-order valence-electron chi connectivity index (χ4n) is 3.38. The summed E-state index contributed by atoms with van der Waals surface area (Å²) in [5, 5.41) is 14.9. The van der Waals surface area contributed by atoms with Gasteiger partial charge in [-0.2, -0.15) is 0 Å². The molecule has 0 amide bonds. The summed E-state index contributed by atoms with van der Waals surface area (Å²) >= 11 is 12.2. The summed E-state index contributed by atoms with van der Waals surface area (Å²) in [7, 11) is 0. The van der Waals surface area contributed by atoms with Crippen LogP contribution in [0.15, 0.2) is 67.3 Å². The van der Waals surface area contributed by atoms with Crippen LogP contribution in [-0.2, 0) is 22.4 Å². The molecular weight excluding hydrogens is 473 g/mol. The SMILES string of the molecule is Clc1ccc(CCC2(Cn3ccnc3)OCC(COc3ccccc3Cl)O2)cc1.O=[N+]([O-])O. The van der Waals surface area contributed by atoms with E-state index in [0.29, 0.717) is 37.0 Å². The maximum Gasteiger partial charge on any atom is 0.291 e. The number of para-hydroxylation sites is 1. The highest BCUT2D eigenvalue weighted by Gasteiger charge is 2.42. The Labute approximate surface area is 200 Å². The van der Waals surface area contributed by atoms with Gasteiger partial charge in [0.2, 0.25) is 0 Å². The molecule has 0 saturated carbocycles. The first-order chi connectivity index (χ1) is 15.8. The molecule has 2 atom stereocenters. The summed E-state index contributed by atoms with van der Waals surface area (Å²) < 4.78 is 20.4. The van der Waals surface area contributed by atoms with Gasteiger partial charge >= 0.3 is 0 Å². The highest BCUT2D eigenvalue weighted by atomic mass is 35.5. The van der Waals surface area contributed by atoms with Crippen LogP contribution in [0, 0.1) is 10.1 Å². The van der Waals surface area contributed by atoms with Crippen molar-refractivity contribution in [2.24, 2.45) is 0 Å². The minimum absolute atomic E-state index is 0.181. The lowest BCUT2D eigenvalue weighted by Crippen LogP contribution is -2.37. The third kappa shape index (κ3) is 7.90. The van der Waals surface area contributed by atoms with Crippen molar-refractivity contribution in [3.8, 4) is 5.75 Å². The van der Waals surface area contributed by atoms with Gasteiger partial charge in [0, 0.05) is 23.8 Å². The molecule has 1 aliphatic heterocycles. The number of aromatic nitrogens is 2. The quantitative estimate of drug-likeness (QED) is 0.357. The van der Waals surface area contributed by atoms with E-state index < -0.39 is 10.9 Å². The van der Waals surface area contributed by atoms with E-state index in [1.54, 1.807) is 18.6 Å². The Balaban J connectivity index is 0.000000709. The molecule has 0 aliphatic carbocycles. The minimum atomic E-state index is -1.50. The molecule has 0 spiro atoms. The number of halogens is 2. The van der Waals surface area contributed by atoms with Crippen molar-refractivity contribution in [1.29, 1.82) is 0 Å². The van der Waals surface area contributed by atoms with Crippen LogP contribution < -0.4 is 4.74 Å². The fraction of sp³-hybridized carbons (Fsp3) is 0.318. The van der Waals surface area contributed by atoms with Gasteiger partial charge in [0.15, 0.2) is 5.79 Å². The van der Waals surface area contributed by atoms with E-state index in [0.717, 1.165) is 11.4 Å². The van der Waals surface area contributed by atoms with Gasteiger partial charge in [0.05, 0.1) is 24.5 Å². The largest absolute Gasteiger partial charge is 0.489 e. The van der Waals surface area contributed by atoms with Crippen LogP contribution in [0.5, 0.6) is 5.75 Å². The van der Waals surface area contributed by atoms with Crippen molar-refractivity contribution in [2.75, 3.05) is 13.2 Å². The summed E-state index contributed by atoms with van der Waals surface area (Å²) in [6.07, 6.45) is 6.76. The van der Waals surface area contributed by atoms with Crippen LogP contribution in [-0.4, -0.2) is 44.9 Å². The molecule has 1 N–H and O–H groups in total. The minimum Gasteiger partial charge on any atom is -0.489 e. The van der Waals surface area contributed by atoms with E-state index in [1.165, 1.54) is 5.56 Å². The molecule has 2 unspecified atom stereocenters. The molecule has 0 bridgehead atoms. The van der Waals surface area contributed by atoms with Crippen LogP contribution in [0.25, 0.3) is 0 Å². The Hall–Kier alpha value is -2.85. The lowest BCUT2D eigenvalue weighted by Gasteiger charge is -2.28. The second-order valence-corrected chi connectivity index (χ2v) is 8.15. The first-order valence-corrected chi connectivity index (χ1v) is 10.8. The van der Waals surface area contributed by atoms with Crippen LogP contribution in [0.1, 0.15) is 12.0 Å². The van der Waals surface area contributed by atoms with Crippen molar-refractivity contribution >= 4 is 23.2 Å². The number of ether oxygens (including phenoxy) is 3. The molecule has 2 heterocycles. The van der Waals surface area contributed by atoms with Gasteiger partial charge in [-0.3, -0.25) is 0 Å². The third-order valence-corrected chi connectivity index (χ3v) is 5.43. The van der Waals surface area contributed by atoms with Crippen molar-refractivity contribution in [3.05, 3.63) is 93.0 Å². The number of hydrogen-bond acceptors (Lipinski definition) is 6. The van der Waals surface area contributed by atoms with E-state index in [4.69, 9.17) is 52.7 Å². The van der Waals surface area contributed by atoms with E-state index in [9.17, 15) is 0 Å². The summed E-state index contributed by atoms with van der Waals surface area (Å²) in [5.41, 5.74) is 1.18. The molecule has 33 heavy (non-hydrogen) atoms. The molecule has 1 saturated heterocycles. The first kappa shape index (κ1) is 24.8. The highest BCUT2D eigenvalue weighted by molar-refractivity contribution is 6.32. The van der Waals surface area contributed by atoms with Crippen LogP contribution in [0.2, 0.25) is 10.0 Å². The van der Waals surface area contributed by atoms with E-state index in [1.807, 2.05) is 53.2 Å². The molecule has 11 heteroatoms. The Morgan fingerprint density at radius 1 is 1.24 bits per heavy atom. The molecular formula is C22H23Cl2N3O6. The molecule has 9 nitrogen and oxygen atoms in total. The number of hydrogen-bond donors (Lipinski definition) is 1. The lowest BCUT2D eigenvalue weighted by molar-refractivity contribution is -0.742. The summed E-state index contributed by atoms with van der Waals surface area (Å²) in [6.45, 7) is 1.39. The molecule has 4 rings (SSSR count). The molecule has 1 aromatic heterocycles. The second-order valence-electron chi connectivity index (χ2n) is 7.30. The average molecular weight is 496 g/mol. The van der Waals surface area contributed by atoms with E-state index in [-0.39, 0.29) is 6.10 Å². The zero-order valence-electron chi connectivity index (χ0n) is 17.5. The van der Waals surface area contributed by atoms with Gasteiger partial charge < -0.3 is 24.0 Å². The molecule has 2 aromatic carbocycles. The number of rotatable bonds is 8. The number of benzene rings is 2. The highest BCUT2D eigenvalue weighted by Crippen LogP contribution is 2.32. The first-order valence-electron chi connectivity index (χ1n) is 10.1. The van der Waals surface area contributed by atoms with Gasteiger partial charge in [0.1, 0.15) is 18.5 Å². The van der Waals surface area contributed by atoms with Gasteiger partial charge in [-0.05, 0) is 36.2 Å². The van der Waals surface area contributed by atoms with Crippen molar-refractivity contribution < 1.29 is 24.5 Å². The van der Waals surface area contributed by atoms with Crippen molar-refractivity contribution in [3.63, 3.8) is 0 Å². The van der Waals surface area contributed by atoms with Crippen molar-refractivity contribution in [1.82, 2.24) is 9.55 Å². The predicted octanol–water partition coefficient (Wildman–Crippen LogP) is 4.67. The molecule has 3 aromatic rings. The lowest BCUT2D eigenvalue weighted by atomic mass is 10.0. The van der Waals surface area contributed by atoms with E-state index in [2.05, 4.69) is 4.98 Å². The monoisotopic (exact) mass is 495 g/mol. The van der Waals surface area contributed by atoms with Gasteiger partial charge in [-0.1, -0.05) is 47.5 Å². The van der Waals surface area contributed by atoms with Gasteiger partial charge in [-0.25, -0.2) is 4.98 Å². The zero-order chi connectivity index (χ0) is 23.7. The van der Waals surface area contributed by atoms with Crippen LogP contribution in [0.3, 0.4) is 0 Å². The van der Waals surface area contributed by atoms with Gasteiger partial charge in [-0.15, -0.1) is 10.1 Å². The van der Waals surface area contributed by atoms with Crippen LogP contribution >= 0.6 is 23.2 Å². The average Bonchev–Trinajstić information content (AvgIpc) is 3.43. The Bertz CT molecular complexity index is 1020. The normalized spacial score (nSPS) is 19.5. The summed E-state index contributed by atoms with van der Waals surface area (Å²) in [6, 6.07) is 15.3. The maximum atomic E-state index is 8.36. The van der Waals surface area contributed by atoms with Crippen molar-refractivity contribution in [2.45, 2.75) is 31.3 Å². The number of imidazole rings is 1. The summed E-state index contributed by atoms with van der Waals surface area (Å²) in [4.78, 5) is 12.5. The summed E-state index contributed by atoms with van der Waals surface area (Å²) in [5.74, 6) is -0.0967. The Kier molecular flexibility index (Phi) is 8.90. The topological polar surface area (TPSA) is 109 Å². The van der Waals surface area contributed by atoms with Crippen LogP contribution in [0.4, 0.5) is 0 Å². The smallest absolute Gasteiger partial charge is 0.291 e. The maximum absolute atomic E-state index is 8.36. The molecule has 1 fully saturated rings. The molecule has 1 aliphatic rings. The zero-order valence-corrected chi connectivity index (χ0v) is 19.1. The predicted molar refractivity (Wildman–Crippen MR) is 121 cm³/mol. The Morgan fingerprint density at radius 3 is 2.64 bits per heavy atom. The Morgan fingerprint density at radius 2 is 1.97 bits per heavy atom. The third-order valence-electron chi connectivity index (χ3n) is 4.87. The van der Waals surface area contributed by atoms with E-state index >= 15 is 0 Å².